The summed E-state index contributed by atoms with van der Waals surface area (Å²) in [5.74, 6) is 1.06. The number of benzene rings is 1. The van der Waals surface area contributed by atoms with Gasteiger partial charge in [0.05, 0.1) is 7.11 Å². The van der Waals surface area contributed by atoms with Crippen molar-refractivity contribution in [3.63, 3.8) is 0 Å². The van der Waals surface area contributed by atoms with Crippen molar-refractivity contribution in [2.75, 3.05) is 13.7 Å². The Labute approximate surface area is 108 Å². The van der Waals surface area contributed by atoms with E-state index in [0.29, 0.717) is 6.54 Å². The zero-order valence-corrected chi connectivity index (χ0v) is 11.6. The zero-order valence-electron chi connectivity index (χ0n) is 11.6. The number of hydrogen-bond donors (Lipinski definition) is 1. The van der Waals surface area contributed by atoms with E-state index in [1.54, 1.807) is 7.11 Å². The van der Waals surface area contributed by atoms with Crippen molar-refractivity contribution < 1.29 is 9.53 Å². The molecule has 0 aromatic heterocycles. The second kappa shape index (κ2) is 4.39. The van der Waals surface area contributed by atoms with Gasteiger partial charge in [0.2, 0.25) is 0 Å². The average molecular weight is 247 g/mol. The quantitative estimate of drug-likeness (QED) is 0.832. The lowest BCUT2D eigenvalue weighted by molar-refractivity contribution is 0.0904. The fourth-order valence-corrected chi connectivity index (χ4v) is 2.55. The van der Waals surface area contributed by atoms with Gasteiger partial charge in [-0.25, -0.2) is 0 Å². The predicted octanol–water partition coefficient (Wildman–Crippen LogP) is 2.54. The Hall–Kier alpha value is -1.35. The third-order valence-corrected chi connectivity index (χ3v) is 4.22. The fourth-order valence-electron chi connectivity index (χ4n) is 2.55. The average Bonchev–Trinajstić information content (AvgIpc) is 3.14. The van der Waals surface area contributed by atoms with E-state index in [1.807, 2.05) is 26.8 Å². The van der Waals surface area contributed by atoms with Crippen LogP contribution in [0.3, 0.4) is 0 Å². The van der Waals surface area contributed by atoms with Crippen molar-refractivity contribution >= 4 is 5.78 Å². The summed E-state index contributed by atoms with van der Waals surface area (Å²) in [5, 5.41) is 0. The summed E-state index contributed by atoms with van der Waals surface area (Å²) in [4.78, 5) is 12.6. The van der Waals surface area contributed by atoms with Crippen LogP contribution >= 0.6 is 0 Å². The number of Topliss-reactive ketones (excluding diaryl/α,β-unsaturated/α-hetero) is 1. The van der Waals surface area contributed by atoms with Crippen LogP contribution in [-0.4, -0.2) is 19.4 Å². The van der Waals surface area contributed by atoms with Gasteiger partial charge in [-0.15, -0.1) is 0 Å². The SMILES string of the molecule is COc1cc(C)c(C(=O)C2(CN)CC2)c(C)c1C. The number of nitrogens with two attached hydrogens (primary N) is 1. The molecule has 0 spiro atoms. The molecule has 2 N–H and O–H groups in total. The van der Waals surface area contributed by atoms with E-state index in [2.05, 4.69) is 0 Å². The second-order valence-electron chi connectivity index (χ2n) is 5.33. The number of carbonyl (C=O) groups excluding carboxylic acids is 1. The molecule has 3 heteroatoms. The fraction of sp³-hybridized carbons (Fsp3) is 0.533. The number of rotatable bonds is 4. The van der Waals surface area contributed by atoms with Gasteiger partial charge in [-0.2, -0.15) is 0 Å². The number of ether oxygens (including phenoxy) is 1. The zero-order chi connectivity index (χ0) is 13.5. The molecule has 0 saturated heterocycles. The van der Waals surface area contributed by atoms with Gasteiger partial charge in [0.15, 0.2) is 5.78 Å². The van der Waals surface area contributed by atoms with Crippen LogP contribution in [0.25, 0.3) is 0 Å². The van der Waals surface area contributed by atoms with Gasteiger partial charge >= 0.3 is 0 Å². The molecule has 0 atom stereocenters. The van der Waals surface area contributed by atoms with Crippen LogP contribution in [0.2, 0.25) is 0 Å². The minimum Gasteiger partial charge on any atom is -0.496 e. The molecule has 0 amide bonds. The molecule has 98 valence electrons. The molecule has 2 rings (SSSR count). The summed E-state index contributed by atoms with van der Waals surface area (Å²) < 4.78 is 5.33. The molecule has 1 aliphatic carbocycles. The minimum atomic E-state index is -0.281. The molecule has 18 heavy (non-hydrogen) atoms. The highest BCUT2D eigenvalue weighted by molar-refractivity contribution is 6.05. The van der Waals surface area contributed by atoms with E-state index >= 15 is 0 Å². The molecule has 0 heterocycles. The summed E-state index contributed by atoms with van der Waals surface area (Å²) in [7, 11) is 1.66. The summed E-state index contributed by atoms with van der Waals surface area (Å²) >= 11 is 0. The topological polar surface area (TPSA) is 52.3 Å². The molecule has 1 saturated carbocycles. The Bertz CT molecular complexity index is 502. The monoisotopic (exact) mass is 247 g/mol. The Morgan fingerprint density at radius 2 is 1.94 bits per heavy atom. The maximum absolute atomic E-state index is 12.6. The highest BCUT2D eigenvalue weighted by Gasteiger charge is 2.49. The van der Waals surface area contributed by atoms with E-state index < -0.39 is 0 Å². The van der Waals surface area contributed by atoms with Crippen LogP contribution < -0.4 is 10.5 Å². The van der Waals surface area contributed by atoms with Crippen LogP contribution in [0.4, 0.5) is 0 Å². The maximum Gasteiger partial charge on any atom is 0.170 e. The van der Waals surface area contributed by atoms with Crippen molar-refractivity contribution in [2.24, 2.45) is 11.1 Å². The second-order valence-corrected chi connectivity index (χ2v) is 5.33. The van der Waals surface area contributed by atoms with Crippen molar-refractivity contribution in [3.8, 4) is 5.75 Å². The molecule has 1 fully saturated rings. The third kappa shape index (κ3) is 1.83. The van der Waals surface area contributed by atoms with Crippen molar-refractivity contribution in [3.05, 3.63) is 28.3 Å². The largest absolute Gasteiger partial charge is 0.496 e. The first-order valence-corrected chi connectivity index (χ1v) is 6.36. The van der Waals surface area contributed by atoms with Gasteiger partial charge in [0.1, 0.15) is 5.75 Å². The summed E-state index contributed by atoms with van der Waals surface area (Å²) in [6.45, 7) is 6.40. The summed E-state index contributed by atoms with van der Waals surface area (Å²) in [6.07, 6.45) is 1.85. The number of ketones is 1. The van der Waals surface area contributed by atoms with E-state index in [1.165, 1.54) is 0 Å². The van der Waals surface area contributed by atoms with Crippen molar-refractivity contribution in [2.45, 2.75) is 33.6 Å². The maximum atomic E-state index is 12.6. The summed E-state index contributed by atoms with van der Waals surface area (Å²) in [6, 6.07) is 1.95. The normalized spacial score (nSPS) is 16.5. The molecular weight excluding hydrogens is 226 g/mol. The molecule has 0 aliphatic heterocycles. The molecule has 1 aromatic rings. The number of carbonyl (C=O) groups is 1. The minimum absolute atomic E-state index is 0.214. The Balaban J connectivity index is 2.52. The number of hydrogen-bond acceptors (Lipinski definition) is 3. The lowest BCUT2D eigenvalue weighted by atomic mass is 9.87. The van der Waals surface area contributed by atoms with Crippen LogP contribution in [0.5, 0.6) is 5.75 Å². The predicted molar refractivity (Wildman–Crippen MR) is 72.3 cm³/mol. The first-order valence-electron chi connectivity index (χ1n) is 6.36. The number of aryl methyl sites for hydroxylation is 1. The van der Waals surface area contributed by atoms with Gasteiger partial charge in [-0.1, -0.05) is 0 Å². The lowest BCUT2D eigenvalue weighted by Gasteiger charge is -2.18. The smallest absolute Gasteiger partial charge is 0.170 e. The van der Waals surface area contributed by atoms with Crippen molar-refractivity contribution in [1.29, 1.82) is 0 Å². The van der Waals surface area contributed by atoms with Gasteiger partial charge in [0.25, 0.3) is 0 Å². The summed E-state index contributed by atoms with van der Waals surface area (Å²) in [5.41, 5.74) is 9.37. The first-order chi connectivity index (χ1) is 8.46. The Morgan fingerprint density at radius 3 is 2.39 bits per heavy atom. The van der Waals surface area contributed by atoms with Gasteiger partial charge in [-0.3, -0.25) is 4.79 Å². The first kappa shape index (κ1) is 13.1. The molecular formula is C15H21NO2. The highest BCUT2D eigenvalue weighted by Crippen LogP contribution is 2.48. The molecule has 1 aliphatic rings. The van der Waals surface area contributed by atoms with Crippen LogP contribution in [0.1, 0.15) is 39.9 Å². The molecule has 0 radical (unpaired) electrons. The molecule has 3 nitrogen and oxygen atoms in total. The van der Waals surface area contributed by atoms with Gasteiger partial charge in [0, 0.05) is 17.5 Å². The van der Waals surface area contributed by atoms with Crippen LogP contribution in [0.15, 0.2) is 6.07 Å². The van der Waals surface area contributed by atoms with E-state index in [-0.39, 0.29) is 11.2 Å². The van der Waals surface area contributed by atoms with Crippen LogP contribution in [0, 0.1) is 26.2 Å². The Morgan fingerprint density at radius 1 is 1.33 bits per heavy atom. The van der Waals surface area contributed by atoms with Gasteiger partial charge < -0.3 is 10.5 Å². The van der Waals surface area contributed by atoms with E-state index in [0.717, 1.165) is 40.8 Å². The van der Waals surface area contributed by atoms with Crippen LogP contribution in [-0.2, 0) is 0 Å². The number of methoxy groups -OCH3 is 1. The molecule has 0 unspecified atom stereocenters. The van der Waals surface area contributed by atoms with Crippen molar-refractivity contribution in [1.82, 2.24) is 0 Å². The van der Waals surface area contributed by atoms with E-state index in [9.17, 15) is 4.79 Å². The third-order valence-electron chi connectivity index (χ3n) is 4.22. The molecule has 1 aromatic carbocycles. The molecule has 0 bridgehead atoms. The van der Waals surface area contributed by atoms with Gasteiger partial charge in [-0.05, 0) is 56.4 Å². The lowest BCUT2D eigenvalue weighted by Crippen LogP contribution is -2.27. The highest BCUT2D eigenvalue weighted by atomic mass is 16.5. The van der Waals surface area contributed by atoms with E-state index in [4.69, 9.17) is 10.5 Å². The Kier molecular flexibility index (Phi) is 3.20. The standard InChI is InChI=1S/C15H21NO2/c1-9-7-12(18-4)10(2)11(3)13(9)14(17)15(8-16)5-6-15/h7H,5-6,8,16H2,1-4H3.